The lowest BCUT2D eigenvalue weighted by Crippen LogP contribution is -2.45. The molecule has 0 unspecified atom stereocenters. The van der Waals surface area contributed by atoms with Crippen LogP contribution in [0.2, 0.25) is 0 Å². The van der Waals surface area contributed by atoms with Gasteiger partial charge in [0.05, 0.1) is 5.71 Å². The quantitative estimate of drug-likeness (QED) is 0.498. The van der Waals surface area contributed by atoms with Crippen LogP contribution < -0.4 is 10.2 Å². The number of ether oxygens (including phenoxy) is 1. The van der Waals surface area contributed by atoms with Crippen molar-refractivity contribution in [3.05, 3.63) is 89.2 Å². The molecule has 0 aliphatic carbocycles. The van der Waals surface area contributed by atoms with Crippen LogP contribution in [-0.4, -0.2) is 29.7 Å². The summed E-state index contributed by atoms with van der Waals surface area (Å²) in [7, 11) is 0. The summed E-state index contributed by atoms with van der Waals surface area (Å²) < 4.78 is 19.6. The lowest BCUT2D eigenvalue weighted by Gasteiger charge is -2.26. The van der Waals surface area contributed by atoms with Gasteiger partial charge >= 0.3 is 0 Å². The van der Waals surface area contributed by atoms with E-state index in [-0.39, 0.29) is 11.7 Å². The van der Waals surface area contributed by atoms with Crippen LogP contribution in [0.1, 0.15) is 40.7 Å². The van der Waals surface area contributed by atoms with Crippen LogP contribution in [0.4, 0.5) is 10.1 Å². The molecule has 1 fully saturated rings. The molecule has 3 aromatic rings. The van der Waals surface area contributed by atoms with Crippen LogP contribution in [0, 0.1) is 5.82 Å². The van der Waals surface area contributed by atoms with Crippen LogP contribution >= 0.6 is 0 Å². The summed E-state index contributed by atoms with van der Waals surface area (Å²) in [4.78, 5) is 17.7. The number of hydrogen-bond acceptors (Lipinski definition) is 4. The molecule has 31 heavy (non-hydrogen) atoms. The van der Waals surface area contributed by atoms with Crippen LogP contribution in [0.15, 0.2) is 71.7 Å². The van der Waals surface area contributed by atoms with Gasteiger partial charge in [-0.2, -0.15) is 0 Å². The van der Waals surface area contributed by atoms with E-state index < -0.39 is 0 Å². The van der Waals surface area contributed by atoms with E-state index in [1.54, 1.807) is 30.3 Å². The standard InChI is InChI=1S/C25H22FN3O2/c26-19-11-8-17(9-12-19)24-20-6-2-3-7-22(20)31-23-13-10-18(16-21(23)27-24)25(30)28-29-14-4-1-5-15-29/h2-3,6-13,16H,1,4-5,14-15H2,(H,28,30). The summed E-state index contributed by atoms with van der Waals surface area (Å²) in [6.07, 6.45) is 3.37. The zero-order valence-corrected chi connectivity index (χ0v) is 17.0. The Kier molecular flexibility index (Phi) is 5.22. The van der Waals surface area contributed by atoms with Crippen molar-refractivity contribution in [2.75, 3.05) is 13.1 Å². The molecule has 156 valence electrons. The van der Waals surface area contributed by atoms with E-state index in [0.29, 0.717) is 28.5 Å². The van der Waals surface area contributed by atoms with Crippen molar-refractivity contribution in [3.63, 3.8) is 0 Å². The monoisotopic (exact) mass is 415 g/mol. The van der Waals surface area contributed by atoms with E-state index in [9.17, 15) is 9.18 Å². The summed E-state index contributed by atoms with van der Waals surface area (Å²) >= 11 is 0. The van der Waals surface area contributed by atoms with Gasteiger partial charge in [0.15, 0.2) is 5.75 Å². The summed E-state index contributed by atoms with van der Waals surface area (Å²) in [5, 5.41) is 1.97. The number of benzene rings is 3. The first kappa shape index (κ1) is 19.5. The van der Waals surface area contributed by atoms with Crippen molar-refractivity contribution >= 4 is 17.3 Å². The molecule has 0 radical (unpaired) electrons. The molecule has 0 atom stereocenters. The zero-order valence-electron chi connectivity index (χ0n) is 17.0. The molecular weight excluding hydrogens is 393 g/mol. The molecular formula is C25H22FN3O2. The molecule has 2 heterocycles. The van der Waals surface area contributed by atoms with Crippen molar-refractivity contribution in [1.29, 1.82) is 0 Å². The first-order valence-corrected chi connectivity index (χ1v) is 10.5. The maximum Gasteiger partial charge on any atom is 0.265 e. The maximum absolute atomic E-state index is 13.5. The van der Waals surface area contributed by atoms with Gasteiger partial charge in [0.25, 0.3) is 5.91 Å². The molecule has 0 spiro atoms. The number of halogens is 1. The fraction of sp³-hybridized carbons (Fsp3) is 0.200. The number of hydrogen-bond donors (Lipinski definition) is 1. The highest BCUT2D eigenvalue weighted by Gasteiger charge is 2.21. The van der Waals surface area contributed by atoms with Gasteiger partial charge in [-0.05, 0) is 67.4 Å². The fourth-order valence-corrected chi connectivity index (χ4v) is 3.92. The molecule has 2 aliphatic rings. The van der Waals surface area contributed by atoms with Crippen molar-refractivity contribution in [3.8, 4) is 11.5 Å². The van der Waals surface area contributed by atoms with Gasteiger partial charge in [-0.3, -0.25) is 10.2 Å². The van der Waals surface area contributed by atoms with E-state index in [2.05, 4.69) is 5.43 Å². The van der Waals surface area contributed by atoms with Crippen LogP contribution in [0.3, 0.4) is 0 Å². The molecule has 3 aromatic carbocycles. The number of rotatable bonds is 3. The van der Waals surface area contributed by atoms with Crippen molar-refractivity contribution in [1.82, 2.24) is 10.4 Å². The largest absolute Gasteiger partial charge is 0.454 e. The predicted molar refractivity (Wildman–Crippen MR) is 118 cm³/mol. The second-order valence-corrected chi connectivity index (χ2v) is 7.74. The number of fused-ring (bicyclic) bond motifs is 2. The smallest absolute Gasteiger partial charge is 0.265 e. The Morgan fingerprint density at radius 3 is 2.52 bits per heavy atom. The number of carbonyl (C=O) groups is 1. The van der Waals surface area contributed by atoms with Gasteiger partial charge in [-0.15, -0.1) is 0 Å². The highest BCUT2D eigenvalue weighted by atomic mass is 19.1. The minimum Gasteiger partial charge on any atom is -0.454 e. The summed E-state index contributed by atoms with van der Waals surface area (Å²) in [6.45, 7) is 1.73. The molecule has 5 nitrogen and oxygen atoms in total. The van der Waals surface area contributed by atoms with Gasteiger partial charge in [-0.25, -0.2) is 14.4 Å². The Hall–Kier alpha value is -3.51. The number of hydrazine groups is 1. The molecule has 6 heteroatoms. The van der Waals surface area contributed by atoms with Gasteiger partial charge in [0.1, 0.15) is 17.3 Å². The molecule has 5 rings (SSSR count). The number of carbonyl (C=O) groups excluding carboxylic acids is 1. The first-order valence-electron chi connectivity index (χ1n) is 10.5. The fourth-order valence-electron chi connectivity index (χ4n) is 3.92. The predicted octanol–water partition coefficient (Wildman–Crippen LogP) is 5.23. The van der Waals surface area contributed by atoms with Crippen LogP contribution in [0.25, 0.3) is 0 Å². The average molecular weight is 415 g/mol. The normalized spacial score (nSPS) is 15.7. The molecule has 0 saturated carbocycles. The molecule has 2 aliphatic heterocycles. The number of piperidine rings is 1. The third kappa shape index (κ3) is 4.07. The van der Waals surface area contributed by atoms with Crippen LogP contribution in [-0.2, 0) is 0 Å². The second-order valence-electron chi connectivity index (χ2n) is 7.74. The SMILES string of the molecule is O=C(NN1CCCCC1)c1ccc2c(c1)N=C(c1ccc(F)cc1)c1ccccc1O2. The highest BCUT2D eigenvalue weighted by molar-refractivity contribution is 6.16. The van der Waals surface area contributed by atoms with E-state index in [1.165, 1.54) is 18.6 Å². The Morgan fingerprint density at radius 2 is 1.71 bits per heavy atom. The molecule has 0 aromatic heterocycles. The van der Waals surface area contributed by atoms with Crippen molar-refractivity contribution in [2.24, 2.45) is 4.99 Å². The second kappa shape index (κ2) is 8.32. The summed E-state index contributed by atoms with van der Waals surface area (Å²) in [6, 6.07) is 19.1. The summed E-state index contributed by atoms with van der Waals surface area (Å²) in [5.74, 6) is 0.762. The minimum atomic E-state index is -0.306. The Balaban J connectivity index is 1.54. The molecule has 0 bridgehead atoms. The van der Waals surface area contributed by atoms with Crippen LogP contribution in [0.5, 0.6) is 11.5 Å². The Morgan fingerprint density at radius 1 is 0.935 bits per heavy atom. The Labute approximate surface area is 180 Å². The first-order chi connectivity index (χ1) is 15.2. The lowest BCUT2D eigenvalue weighted by molar-refractivity contribution is 0.0750. The third-order valence-corrected chi connectivity index (χ3v) is 5.55. The van der Waals surface area contributed by atoms with E-state index in [4.69, 9.17) is 9.73 Å². The van der Waals surface area contributed by atoms with Crippen molar-refractivity contribution in [2.45, 2.75) is 19.3 Å². The van der Waals surface area contributed by atoms with Gasteiger partial charge in [0, 0.05) is 29.8 Å². The number of para-hydroxylation sites is 1. The molecule has 1 N–H and O–H groups in total. The third-order valence-electron chi connectivity index (χ3n) is 5.55. The van der Waals surface area contributed by atoms with E-state index in [1.807, 2.05) is 29.3 Å². The summed E-state index contributed by atoms with van der Waals surface area (Å²) in [5.41, 5.74) is 6.31. The molecule has 1 amide bonds. The average Bonchev–Trinajstić information content (AvgIpc) is 2.96. The number of nitrogens with one attached hydrogen (secondary N) is 1. The van der Waals surface area contributed by atoms with Gasteiger partial charge in [-0.1, -0.05) is 18.6 Å². The minimum absolute atomic E-state index is 0.162. The van der Waals surface area contributed by atoms with Gasteiger partial charge < -0.3 is 4.74 Å². The topological polar surface area (TPSA) is 53.9 Å². The zero-order chi connectivity index (χ0) is 21.2. The lowest BCUT2D eigenvalue weighted by atomic mass is 10.0. The number of amides is 1. The van der Waals surface area contributed by atoms with Crippen molar-refractivity contribution < 1.29 is 13.9 Å². The molecule has 1 saturated heterocycles. The highest BCUT2D eigenvalue weighted by Crippen LogP contribution is 2.39. The van der Waals surface area contributed by atoms with E-state index >= 15 is 0 Å². The Bertz CT molecular complexity index is 1150. The number of aliphatic imine (C=N–C) groups is 1. The number of nitrogens with zero attached hydrogens (tertiary/aromatic N) is 2. The maximum atomic E-state index is 13.5. The van der Waals surface area contributed by atoms with E-state index in [0.717, 1.165) is 37.1 Å². The van der Waals surface area contributed by atoms with Gasteiger partial charge in [0.2, 0.25) is 0 Å².